The fourth-order valence-corrected chi connectivity index (χ4v) is 13.5. The number of hydrogen-bond donors (Lipinski definition) is 0. The van der Waals surface area contributed by atoms with Gasteiger partial charge < -0.3 is 18.9 Å². The maximum absolute atomic E-state index is 2.44. The van der Waals surface area contributed by atoms with Gasteiger partial charge in [-0.25, -0.2) is 0 Å². The van der Waals surface area contributed by atoms with E-state index in [1.54, 1.807) is 0 Å². The lowest BCUT2D eigenvalue weighted by atomic mass is 9.93. The fourth-order valence-electron chi connectivity index (χ4n) is 13.5. The summed E-state index contributed by atoms with van der Waals surface area (Å²) < 4.78 is 4.82. The molecule has 0 atom stereocenters. The van der Waals surface area contributed by atoms with Crippen molar-refractivity contribution < 1.29 is 0 Å². The molecule has 0 spiro atoms. The highest BCUT2D eigenvalue weighted by atomic mass is 15.1. The van der Waals surface area contributed by atoms with Crippen LogP contribution in [0.3, 0.4) is 0 Å². The molecule has 2 aromatic heterocycles. The molecule has 16 aromatic rings. The van der Waals surface area contributed by atoms with Gasteiger partial charge in [-0.2, -0.15) is 0 Å². The van der Waals surface area contributed by atoms with Crippen molar-refractivity contribution in [3.05, 3.63) is 315 Å². The van der Waals surface area contributed by atoms with Crippen molar-refractivity contribution in [3.8, 4) is 61.3 Å². The largest absolute Gasteiger partial charge is 0.345 e. The van der Waals surface area contributed by atoms with Gasteiger partial charge in [0.1, 0.15) is 0 Å². The average molecular weight is 1100 g/mol. The van der Waals surface area contributed by atoms with Crippen LogP contribution in [0.15, 0.2) is 315 Å². The molecule has 4 nitrogen and oxygen atoms in total. The molecule has 14 aromatic carbocycles. The Kier molecular flexibility index (Phi) is 12.3. The number of rotatable bonds is 11. The zero-order valence-electron chi connectivity index (χ0n) is 47.8. The van der Waals surface area contributed by atoms with E-state index in [9.17, 15) is 0 Å². The van der Waals surface area contributed by atoms with Crippen LogP contribution >= 0.6 is 0 Å². The third-order valence-electron chi connectivity index (χ3n) is 17.8. The Morgan fingerprint density at radius 3 is 1.20 bits per heavy atom. The van der Waals surface area contributed by atoms with E-state index in [-0.39, 0.29) is 0 Å². The molecule has 0 radical (unpaired) electrons. The van der Waals surface area contributed by atoms with Crippen LogP contribution in [0.1, 0.15) is 0 Å². The van der Waals surface area contributed by atoms with E-state index in [1.807, 2.05) is 0 Å². The summed E-state index contributed by atoms with van der Waals surface area (Å²) in [5, 5.41) is 10.3. The highest BCUT2D eigenvalue weighted by Gasteiger charge is 2.21. The van der Waals surface area contributed by atoms with Crippen LogP contribution in [0, 0.1) is 0 Å². The standard InChI is InChI=1S/C82H58N4/c1-83(63-17-5-3-6-18-63)64-47-45-62(46-48-64)70-27-15-28-76-73-23-13-14-29-77(73)86(81(70)76)68-53-43-60(44-54-68)56-33-31-55(32-34-56)58-39-49-66(50-40-58)85(65-19-7-4-8-20-65)67-51-41-59(42-52-67)57-35-37-61(38-36-57)69-26-16-30-78-79(69)80-74-24-11-9-21-71(74)72-22-10-12-25-75(72)82(80)84(78)2/h3-54H,1-2H3. The second kappa shape index (κ2) is 20.9. The predicted molar refractivity (Wildman–Crippen MR) is 366 cm³/mol. The Labute approximate surface area is 500 Å². The molecular weight excluding hydrogens is 1040 g/mol. The summed E-state index contributed by atoms with van der Waals surface area (Å²) in [7, 11) is 4.34. The highest BCUT2D eigenvalue weighted by molar-refractivity contribution is 6.33. The molecule has 0 N–H and O–H groups in total. The van der Waals surface area contributed by atoms with E-state index >= 15 is 0 Å². The second-order valence-electron chi connectivity index (χ2n) is 22.5. The number of aryl methyl sites for hydroxylation is 1. The summed E-state index contributed by atoms with van der Waals surface area (Å²) in [6.07, 6.45) is 0. The topological polar surface area (TPSA) is 16.3 Å². The third kappa shape index (κ3) is 8.53. The van der Waals surface area contributed by atoms with Crippen molar-refractivity contribution >= 4 is 93.6 Å². The van der Waals surface area contributed by atoms with Crippen molar-refractivity contribution in [2.75, 3.05) is 16.8 Å². The molecule has 0 saturated heterocycles. The predicted octanol–water partition coefficient (Wildman–Crippen LogP) is 22.3. The maximum Gasteiger partial charge on any atom is 0.0619 e. The van der Waals surface area contributed by atoms with Crippen LogP contribution in [-0.2, 0) is 7.05 Å². The Morgan fingerprint density at radius 2 is 0.605 bits per heavy atom. The van der Waals surface area contributed by atoms with Gasteiger partial charge in [-0.3, -0.25) is 0 Å². The normalized spacial score (nSPS) is 11.6. The molecule has 2 heterocycles. The molecule has 0 unspecified atom stereocenters. The van der Waals surface area contributed by atoms with Crippen LogP contribution in [0.5, 0.6) is 0 Å². The van der Waals surface area contributed by atoms with Crippen LogP contribution in [0.4, 0.5) is 28.4 Å². The Morgan fingerprint density at radius 1 is 0.244 bits per heavy atom. The van der Waals surface area contributed by atoms with Gasteiger partial charge >= 0.3 is 0 Å². The summed E-state index contributed by atoms with van der Waals surface area (Å²) in [5.74, 6) is 0. The quantitative estimate of drug-likeness (QED) is 0.120. The van der Waals surface area contributed by atoms with Gasteiger partial charge in [0.2, 0.25) is 0 Å². The molecule has 0 aliphatic rings. The smallest absolute Gasteiger partial charge is 0.0619 e. The Balaban J connectivity index is 0.654. The highest BCUT2D eigenvalue weighted by Crippen LogP contribution is 2.45. The molecule has 86 heavy (non-hydrogen) atoms. The van der Waals surface area contributed by atoms with Crippen molar-refractivity contribution in [3.63, 3.8) is 0 Å². The van der Waals surface area contributed by atoms with Crippen LogP contribution in [0.25, 0.3) is 126 Å². The Bertz CT molecular complexity index is 5180. The van der Waals surface area contributed by atoms with E-state index < -0.39 is 0 Å². The molecule has 0 saturated carbocycles. The van der Waals surface area contributed by atoms with E-state index in [0.29, 0.717) is 0 Å². The number of anilines is 5. The maximum atomic E-state index is 2.44. The second-order valence-corrected chi connectivity index (χ2v) is 22.5. The first-order valence-electron chi connectivity index (χ1n) is 29.6. The van der Waals surface area contributed by atoms with Crippen molar-refractivity contribution in [1.29, 1.82) is 0 Å². The zero-order valence-corrected chi connectivity index (χ0v) is 47.8. The molecule has 0 aliphatic heterocycles. The van der Waals surface area contributed by atoms with E-state index in [1.165, 1.54) is 121 Å². The van der Waals surface area contributed by atoms with Crippen LogP contribution in [0.2, 0.25) is 0 Å². The van der Waals surface area contributed by atoms with E-state index in [0.717, 1.165) is 34.1 Å². The summed E-state index contributed by atoms with van der Waals surface area (Å²) >= 11 is 0. The summed E-state index contributed by atoms with van der Waals surface area (Å²) in [6.45, 7) is 0. The molecule has 0 bridgehead atoms. The molecule has 4 heteroatoms. The van der Waals surface area contributed by atoms with Crippen LogP contribution in [-0.4, -0.2) is 16.2 Å². The molecule has 0 fully saturated rings. The first-order valence-corrected chi connectivity index (χ1v) is 29.6. The zero-order chi connectivity index (χ0) is 57.2. The summed E-state index contributed by atoms with van der Waals surface area (Å²) in [6, 6.07) is 115. The SMILES string of the molecule is CN(c1ccccc1)c1ccc(-c2cccc3c4ccccc4n(-c4ccc(-c5ccc(-c6ccc(N(c7ccccc7)c7ccc(-c8ccc(-c9cccc%10c9c9c%11ccccc%11c%11ccccc%11c9n%10C)cc8)cc7)cc6)cc5)cc4)c23)cc1. The van der Waals surface area contributed by atoms with Gasteiger partial charge in [0.25, 0.3) is 0 Å². The van der Waals surface area contributed by atoms with E-state index in [4.69, 9.17) is 0 Å². The molecule has 406 valence electrons. The van der Waals surface area contributed by atoms with Gasteiger partial charge in [-0.15, -0.1) is 0 Å². The average Bonchev–Trinajstić information content (AvgIpc) is 1.64. The summed E-state index contributed by atoms with van der Waals surface area (Å²) in [5.41, 5.74) is 23.5. The molecule has 16 rings (SSSR count). The van der Waals surface area contributed by atoms with E-state index in [2.05, 4.69) is 348 Å². The monoisotopic (exact) mass is 1100 g/mol. The van der Waals surface area contributed by atoms with Gasteiger partial charge in [0.15, 0.2) is 0 Å². The van der Waals surface area contributed by atoms with Gasteiger partial charge in [-0.05, 0) is 151 Å². The minimum atomic E-state index is 1.09. The van der Waals surface area contributed by atoms with Crippen LogP contribution < -0.4 is 9.80 Å². The van der Waals surface area contributed by atoms with Crippen molar-refractivity contribution in [1.82, 2.24) is 9.13 Å². The first-order chi connectivity index (χ1) is 42.5. The molecule has 0 amide bonds. The minimum absolute atomic E-state index is 1.09. The van der Waals surface area contributed by atoms with Gasteiger partial charge in [-0.1, -0.05) is 231 Å². The van der Waals surface area contributed by atoms with Gasteiger partial charge in [0, 0.05) is 86.2 Å². The fraction of sp³-hybridized carbons (Fsp3) is 0.0244. The van der Waals surface area contributed by atoms with Crippen molar-refractivity contribution in [2.24, 2.45) is 7.05 Å². The van der Waals surface area contributed by atoms with Gasteiger partial charge in [0.05, 0.1) is 16.6 Å². The molecule has 0 aliphatic carbocycles. The lowest BCUT2D eigenvalue weighted by Gasteiger charge is -2.26. The number of para-hydroxylation sites is 4. The molecular formula is C82H58N4. The minimum Gasteiger partial charge on any atom is -0.345 e. The third-order valence-corrected chi connectivity index (χ3v) is 17.8. The number of aromatic nitrogens is 2. The number of nitrogens with zero attached hydrogens (tertiary/aromatic N) is 4. The number of benzene rings is 14. The number of fused-ring (bicyclic) bond motifs is 11. The lowest BCUT2D eigenvalue weighted by molar-refractivity contribution is 1.02. The lowest BCUT2D eigenvalue weighted by Crippen LogP contribution is -2.09. The first kappa shape index (κ1) is 50.5. The number of hydrogen-bond acceptors (Lipinski definition) is 2. The Hall–Kier alpha value is -11.2. The van der Waals surface area contributed by atoms with Crippen molar-refractivity contribution in [2.45, 2.75) is 0 Å². The summed E-state index contributed by atoms with van der Waals surface area (Å²) in [4.78, 5) is 4.56.